The normalized spacial score (nSPS) is 11.4. The molecule has 0 saturated heterocycles. The molecule has 1 aromatic heterocycles. The van der Waals surface area contributed by atoms with Crippen molar-refractivity contribution < 1.29 is 30.0 Å². The standard InChI is InChI=1S/C17H14F3N3O4S/c1-11-21-10-23(22-11)8-12-6-16(18)15(17(19)7-12)9-26-13-2-4-14(5-3-13)27-28(20,24)25/h2-7,10H,8-9H2,1H3. The van der Waals surface area contributed by atoms with Crippen molar-refractivity contribution in [1.82, 2.24) is 14.8 Å². The van der Waals surface area contributed by atoms with Gasteiger partial charge in [0.05, 0.1) is 12.1 Å². The molecule has 0 N–H and O–H groups in total. The van der Waals surface area contributed by atoms with Crippen LogP contribution in [0.15, 0.2) is 42.7 Å². The molecule has 0 aliphatic heterocycles. The second kappa shape index (κ2) is 7.89. The summed E-state index contributed by atoms with van der Waals surface area (Å²) in [5.41, 5.74) is 0.0998. The maximum absolute atomic E-state index is 14.3. The lowest BCUT2D eigenvalue weighted by Crippen LogP contribution is -2.06. The molecule has 3 rings (SSSR count). The maximum Gasteiger partial charge on any atom is 0.488 e. The minimum atomic E-state index is -5.13. The lowest BCUT2D eigenvalue weighted by molar-refractivity contribution is 0.292. The van der Waals surface area contributed by atoms with Gasteiger partial charge < -0.3 is 8.92 Å². The van der Waals surface area contributed by atoms with E-state index in [2.05, 4.69) is 14.3 Å². The molecule has 0 spiro atoms. The summed E-state index contributed by atoms with van der Waals surface area (Å²) >= 11 is 0. The minimum absolute atomic E-state index is 0.161. The van der Waals surface area contributed by atoms with E-state index in [-0.39, 0.29) is 23.6 Å². The molecular weight excluding hydrogens is 399 g/mol. The van der Waals surface area contributed by atoms with Crippen molar-refractivity contribution in [3.63, 3.8) is 0 Å². The van der Waals surface area contributed by atoms with E-state index in [9.17, 15) is 21.1 Å². The number of hydrogen-bond acceptors (Lipinski definition) is 6. The number of aryl methyl sites for hydroxylation is 1. The van der Waals surface area contributed by atoms with Crippen LogP contribution < -0.4 is 8.92 Å². The molecule has 0 fully saturated rings. The number of ether oxygens (including phenoxy) is 1. The molecule has 28 heavy (non-hydrogen) atoms. The first-order chi connectivity index (χ1) is 13.2. The SMILES string of the molecule is Cc1ncn(Cc2cc(F)c(COc3ccc(OS(=O)(=O)F)cc3)c(F)c2)n1. The van der Waals surface area contributed by atoms with Gasteiger partial charge in [-0.05, 0) is 48.9 Å². The molecule has 7 nitrogen and oxygen atoms in total. The highest BCUT2D eigenvalue weighted by Gasteiger charge is 2.14. The molecule has 0 saturated carbocycles. The molecular formula is C17H14F3N3O4S. The first-order valence-electron chi connectivity index (χ1n) is 7.89. The molecule has 0 atom stereocenters. The van der Waals surface area contributed by atoms with Crippen molar-refractivity contribution in [2.75, 3.05) is 0 Å². The highest BCUT2D eigenvalue weighted by Crippen LogP contribution is 2.22. The summed E-state index contributed by atoms with van der Waals surface area (Å²) in [5, 5.41) is 4.06. The molecule has 1 heterocycles. The number of rotatable bonds is 7. The monoisotopic (exact) mass is 413 g/mol. The molecule has 2 aromatic carbocycles. The van der Waals surface area contributed by atoms with Crippen LogP contribution in [0, 0.1) is 18.6 Å². The molecule has 0 radical (unpaired) electrons. The van der Waals surface area contributed by atoms with Gasteiger partial charge in [0.15, 0.2) is 0 Å². The Labute approximate surface area is 158 Å². The Bertz CT molecular complexity index is 1060. The van der Waals surface area contributed by atoms with Crippen LogP contribution in [0.25, 0.3) is 0 Å². The Hall–Kier alpha value is -3.08. The zero-order valence-electron chi connectivity index (χ0n) is 14.5. The number of aromatic nitrogens is 3. The molecule has 0 aliphatic carbocycles. The van der Waals surface area contributed by atoms with Crippen LogP contribution in [0.2, 0.25) is 0 Å². The van der Waals surface area contributed by atoms with Crippen LogP contribution in [-0.4, -0.2) is 23.2 Å². The fourth-order valence-corrected chi connectivity index (χ4v) is 2.74. The number of halogens is 3. The summed E-state index contributed by atoms with van der Waals surface area (Å²) in [7, 11) is -5.13. The Morgan fingerprint density at radius 1 is 1.07 bits per heavy atom. The van der Waals surface area contributed by atoms with Gasteiger partial charge >= 0.3 is 10.5 Å². The van der Waals surface area contributed by atoms with Gasteiger partial charge in [0.25, 0.3) is 0 Å². The quantitative estimate of drug-likeness (QED) is 0.554. The molecule has 11 heteroatoms. The van der Waals surface area contributed by atoms with E-state index in [0.717, 1.165) is 12.1 Å². The van der Waals surface area contributed by atoms with Gasteiger partial charge in [0, 0.05) is 0 Å². The first kappa shape index (κ1) is 19.7. The van der Waals surface area contributed by atoms with Crippen LogP contribution >= 0.6 is 0 Å². The number of nitrogens with zero attached hydrogens (tertiary/aromatic N) is 3. The maximum atomic E-state index is 14.3. The zero-order chi connectivity index (χ0) is 20.3. The second-order valence-corrected chi connectivity index (χ2v) is 6.72. The molecule has 0 amide bonds. The fraction of sp³-hybridized carbons (Fsp3) is 0.176. The molecule has 0 aliphatic rings. The van der Waals surface area contributed by atoms with Crippen molar-refractivity contribution in [3.8, 4) is 11.5 Å². The van der Waals surface area contributed by atoms with Gasteiger partial charge in [-0.25, -0.2) is 18.4 Å². The topological polar surface area (TPSA) is 83.3 Å². The van der Waals surface area contributed by atoms with Crippen molar-refractivity contribution in [2.45, 2.75) is 20.1 Å². The number of benzene rings is 2. The van der Waals surface area contributed by atoms with Gasteiger partial charge in [-0.15, -0.1) is 0 Å². The van der Waals surface area contributed by atoms with Crippen LogP contribution in [0.5, 0.6) is 11.5 Å². The highest BCUT2D eigenvalue weighted by atomic mass is 32.3. The summed E-state index contributed by atoms with van der Waals surface area (Å²) in [6.07, 6.45) is 1.46. The Morgan fingerprint density at radius 3 is 2.21 bits per heavy atom. The first-order valence-corrected chi connectivity index (χ1v) is 9.20. The van der Waals surface area contributed by atoms with Crippen LogP contribution in [0.3, 0.4) is 0 Å². The third-order valence-electron chi connectivity index (χ3n) is 3.60. The van der Waals surface area contributed by atoms with Crippen LogP contribution in [-0.2, 0) is 23.7 Å². The van der Waals surface area contributed by atoms with E-state index in [1.807, 2.05) is 0 Å². The second-order valence-electron chi connectivity index (χ2n) is 5.76. The third kappa shape index (κ3) is 5.22. The Morgan fingerprint density at radius 2 is 1.68 bits per heavy atom. The van der Waals surface area contributed by atoms with Gasteiger partial charge in [-0.1, -0.05) is 3.89 Å². The summed E-state index contributed by atoms with van der Waals surface area (Å²) in [4.78, 5) is 3.95. The van der Waals surface area contributed by atoms with E-state index in [0.29, 0.717) is 11.4 Å². The summed E-state index contributed by atoms with van der Waals surface area (Å²) in [6.45, 7) is 1.46. The van der Waals surface area contributed by atoms with Crippen molar-refractivity contribution in [2.24, 2.45) is 0 Å². The van der Waals surface area contributed by atoms with Crippen molar-refractivity contribution in [1.29, 1.82) is 0 Å². The third-order valence-corrected chi connectivity index (χ3v) is 3.99. The molecule has 0 bridgehead atoms. The summed E-state index contributed by atoms with van der Waals surface area (Å²) < 4.78 is 72.6. The average molecular weight is 413 g/mol. The fourth-order valence-electron chi connectivity index (χ4n) is 2.40. The van der Waals surface area contributed by atoms with Gasteiger partial charge in [-0.2, -0.15) is 13.5 Å². The van der Waals surface area contributed by atoms with E-state index in [1.165, 1.54) is 35.3 Å². The predicted molar refractivity (Wildman–Crippen MR) is 91.6 cm³/mol. The van der Waals surface area contributed by atoms with Crippen LogP contribution in [0.1, 0.15) is 17.0 Å². The van der Waals surface area contributed by atoms with E-state index in [4.69, 9.17) is 4.74 Å². The van der Waals surface area contributed by atoms with E-state index in [1.54, 1.807) is 6.92 Å². The van der Waals surface area contributed by atoms with Crippen LogP contribution in [0.4, 0.5) is 12.7 Å². The lowest BCUT2D eigenvalue weighted by Gasteiger charge is -2.10. The zero-order valence-corrected chi connectivity index (χ0v) is 15.3. The predicted octanol–water partition coefficient (Wildman–Crippen LogP) is 3.09. The average Bonchev–Trinajstić information content (AvgIpc) is 2.99. The molecule has 0 unspecified atom stereocenters. The Balaban J connectivity index is 1.67. The summed E-state index contributed by atoms with van der Waals surface area (Å²) in [6, 6.07) is 7.20. The largest absolute Gasteiger partial charge is 0.489 e. The van der Waals surface area contributed by atoms with Gasteiger partial charge in [0.1, 0.15) is 41.9 Å². The highest BCUT2D eigenvalue weighted by molar-refractivity contribution is 7.81. The minimum Gasteiger partial charge on any atom is -0.489 e. The van der Waals surface area contributed by atoms with E-state index >= 15 is 0 Å². The van der Waals surface area contributed by atoms with Crippen molar-refractivity contribution >= 4 is 10.5 Å². The summed E-state index contributed by atoms with van der Waals surface area (Å²) in [5.74, 6) is -1.10. The van der Waals surface area contributed by atoms with E-state index < -0.39 is 28.7 Å². The smallest absolute Gasteiger partial charge is 0.488 e. The molecule has 148 valence electrons. The van der Waals surface area contributed by atoms with Crippen molar-refractivity contribution in [3.05, 3.63) is 71.3 Å². The number of hydrogen-bond donors (Lipinski definition) is 0. The van der Waals surface area contributed by atoms with Gasteiger partial charge in [0.2, 0.25) is 0 Å². The lowest BCUT2D eigenvalue weighted by atomic mass is 10.1. The van der Waals surface area contributed by atoms with Gasteiger partial charge in [-0.3, -0.25) is 0 Å². The molecule has 3 aromatic rings. The Kier molecular flexibility index (Phi) is 5.54.